The van der Waals surface area contributed by atoms with Crippen molar-refractivity contribution in [1.29, 1.82) is 0 Å². The van der Waals surface area contributed by atoms with Gasteiger partial charge in [-0.2, -0.15) is 4.31 Å². The molecule has 0 spiro atoms. The number of amides is 2. The molecule has 2 aromatic carbocycles. The third kappa shape index (κ3) is 7.61. The summed E-state index contributed by atoms with van der Waals surface area (Å²) < 4.78 is 22.9. The molecule has 0 aliphatic carbocycles. The predicted molar refractivity (Wildman–Crippen MR) is 143 cm³/mol. The van der Waals surface area contributed by atoms with Gasteiger partial charge >= 0.3 is 0 Å². The largest absolute Gasteiger partial charge is 0.346 e. The number of likely N-dealkylation sites (tertiary alicyclic amines) is 1. The smallest absolute Gasteiger partial charge is 0.240 e. The van der Waals surface area contributed by atoms with Gasteiger partial charge in [0.15, 0.2) is 0 Å². The second kappa shape index (κ2) is 12.5. The molecule has 1 aliphatic heterocycles. The van der Waals surface area contributed by atoms with Crippen molar-refractivity contribution in [2.24, 2.45) is 5.92 Å². The van der Waals surface area contributed by atoms with Crippen molar-refractivity contribution in [2.75, 3.05) is 32.7 Å². The molecule has 0 aromatic heterocycles. The SMILES string of the molecule is C#CC(C)(C)NC(=O)CNC(=O)CN(CC1CCN(C(C)c2cccc3ccccc23)CC1)S(=O)O. The van der Waals surface area contributed by atoms with E-state index in [-0.39, 0.29) is 25.0 Å². The minimum Gasteiger partial charge on any atom is -0.346 e. The maximum absolute atomic E-state index is 12.3. The van der Waals surface area contributed by atoms with Gasteiger partial charge in [-0.1, -0.05) is 48.4 Å². The lowest BCUT2D eigenvalue weighted by Crippen LogP contribution is -2.48. The average molecular weight is 513 g/mol. The molecular formula is C27H36N4O4S. The molecule has 1 saturated heterocycles. The van der Waals surface area contributed by atoms with Crippen LogP contribution in [0.3, 0.4) is 0 Å². The third-order valence-corrected chi connectivity index (χ3v) is 7.45. The maximum atomic E-state index is 12.3. The lowest BCUT2D eigenvalue weighted by molar-refractivity contribution is -0.126. The number of benzene rings is 2. The Morgan fingerprint density at radius 2 is 1.86 bits per heavy atom. The molecule has 1 heterocycles. The summed E-state index contributed by atoms with van der Waals surface area (Å²) in [6.45, 7) is 7.15. The van der Waals surface area contributed by atoms with Gasteiger partial charge in [0.2, 0.25) is 23.1 Å². The van der Waals surface area contributed by atoms with Crippen LogP contribution in [0.4, 0.5) is 0 Å². The van der Waals surface area contributed by atoms with E-state index in [0.29, 0.717) is 6.54 Å². The van der Waals surface area contributed by atoms with Gasteiger partial charge in [-0.3, -0.25) is 19.0 Å². The van der Waals surface area contributed by atoms with Crippen molar-refractivity contribution in [3.8, 4) is 12.3 Å². The van der Waals surface area contributed by atoms with E-state index in [1.54, 1.807) is 13.8 Å². The first kappa shape index (κ1) is 27.8. The molecule has 1 aliphatic rings. The van der Waals surface area contributed by atoms with Crippen LogP contribution in [0.15, 0.2) is 42.5 Å². The fourth-order valence-electron chi connectivity index (χ4n) is 4.63. The zero-order chi connectivity index (χ0) is 26.3. The first-order valence-electron chi connectivity index (χ1n) is 12.2. The van der Waals surface area contributed by atoms with Crippen molar-refractivity contribution in [3.05, 3.63) is 48.0 Å². The number of carbonyl (C=O) groups excluding carboxylic acids is 2. The Morgan fingerprint density at radius 1 is 1.19 bits per heavy atom. The van der Waals surface area contributed by atoms with Gasteiger partial charge in [0.05, 0.1) is 18.6 Å². The molecule has 2 amide bonds. The molecule has 3 N–H and O–H groups in total. The van der Waals surface area contributed by atoms with Crippen LogP contribution in [0.2, 0.25) is 0 Å². The molecule has 2 aromatic rings. The van der Waals surface area contributed by atoms with Crippen LogP contribution in [0.25, 0.3) is 10.8 Å². The van der Waals surface area contributed by atoms with Crippen molar-refractivity contribution in [2.45, 2.75) is 45.2 Å². The highest BCUT2D eigenvalue weighted by Gasteiger charge is 2.28. The highest BCUT2D eigenvalue weighted by molar-refractivity contribution is 7.76. The zero-order valence-corrected chi connectivity index (χ0v) is 22.0. The number of hydrogen-bond donors (Lipinski definition) is 3. The summed E-state index contributed by atoms with van der Waals surface area (Å²) in [5.41, 5.74) is 0.483. The average Bonchev–Trinajstić information content (AvgIpc) is 2.86. The molecule has 1 fully saturated rings. The Hall–Kier alpha value is -2.77. The summed E-state index contributed by atoms with van der Waals surface area (Å²) in [5, 5.41) is 7.60. The number of nitrogens with one attached hydrogen (secondary N) is 2. The highest BCUT2D eigenvalue weighted by Crippen LogP contribution is 2.31. The van der Waals surface area contributed by atoms with Crippen molar-refractivity contribution in [1.82, 2.24) is 19.8 Å². The van der Waals surface area contributed by atoms with Crippen LogP contribution >= 0.6 is 0 Å². The zero-order valence-electron chi connectivity index (χ0n) is 21.2. The van der Waals surface area contributed by atoms with Gasteiger partial charge in [-0.25, -0.2) is 4.21 Å². The van der Waals surface area contributed by atoms with E-state index in [1.807, 2.05) is 6.07 Å². The fraction of sp³-hybridized carbons (Fsp3) is 0.481. The van der Waals surface area contributed by atoms with Crippen molar-refractivity contribution >= 4 is 33.9 Å². The molecule has 8 nitrogen and oxygen atoms in total. The van der Waals surface area contributed by atoms with E-state index in [9.17, 15) is 18.4 Å². The van der Waals surface area contributed by atoms with Gasteiger partial charge < -0.3 is 10.6 Å². The number of piperidine rings is 1. The van der Waals surface area contributed by atoms with Gasteiger partial charge in [0, 0.05) is 12.6 Å². The van der Waals surface area contributed by atoms with Gasteiger partial charge in [0.1, 0.15) is 0 Å². The van der Waals surface area contributed by atoms with Crippen LogP contribution < -0.4 is 10.6 Å². The summed E-state index contributed by atoms with van der Waals surface area (Å²) in [4.78, 5) is 26.7. The lowest BCUT2D eigenvalue weighted by atomic mass is 9.93. The minimum atomic E-state index is -2.29. The minimum absolute atomic E-state index is 0.199. The number of carbonyl (C=O) groups is 2. The monoisotopic (exact) mass is 512 g/mol. The van der Waals surface area contributed by atoms with Crippen LogP contribution in [0.5, 0.6) is 0 Å². The molecular weight excluding hydrogens is 476 g/mol. The molecule has 2 atom stereocenters. The lowest BCUT2D eigenvalue weighted by Gasteiger charge is -2.37. The summed E-state index contributed by atoms with van der Waals surface area (Å²) in [7, 11) is 0. The summed E-state index contributed by atoms with van der Waals surface area (Å²) in [5.74, 6) is 1.74. The van der Waals surface area contributed by atoms with Crippen molar-refractivity contribution in [3.63, 3.8) is 0 Å². The van der Waals surface area contributed by atoms with Crippen LogP contribution in [-0.2, 0) is 20.9 Å². The van der Waals surface area contributed by atoms with Crippen molar-refractivity contribution < 1.29 is 18.4 Å². The van der Waals surface area contributed by atoms with Gasteiger partial charge in [0.25, 0.3) is 0 Å². The second-order valence-electron chi connectivity index (χ2n) is 9.87. The standard InChI is InChI=1S/C27H36N4O4S/c1-5-27(3,4)29-25(32)17-28-26(33)19-31(36(34)35)18-21-13-15-30(16-14-21)20(2)23-12-8-10-22-9-6-7-11-24(22)23/h1,6-12,20-21H,13-19H2,2-4H3,(H,28,33)(H,29,32)(H,34,35). The van der Waals surface area contributed by atoms with E-state index in [1.165, 1.54) is 20.6 Å². The first-order valence-corrected chi connectivity index (χ1v) is 13.3. The second-order valence-corrected chi connectivity index (χ2v) is 10.8. The molecule has 0 bridgehead atoms. The molecule has 36 heavy (non-hydrogen) atoms. The predicted octanol–water partition coefficient (Wildman–Crippen LogP) is 2.70. The quantitative estimate of drug-likeness (QED) is 0.336. The number of nitrogens with zero attached hydrogens (tertiary/aromatic N) is 2. The molecule has 9 heteroatoms. The van der Waals surface area contributed by atoms with Gasteiger partial charge in [-0.05, 0) is 69.0 Å². The number of hydrogen-bond acceptors (Lipinski definition) is 4. The fourth-order valence-corrected chi connectivity index (χ4v) is 5.20. The Kier molecular flexibility index (Phi) is 9.63. The van der Waals surface area contributed by atoms with Gasteiger partial charge in [-0.15, -0.1) is 6.42 Å². The topological polar surface area (TPSA) is 102 Å². The van der Waals surface area contributed by atoms with E-state index in [2.05, 4.69) is 64.8 Å². The molecule has 0 radical (unpaired) electrons. The normalized spacial score (nSPS) is 16.9. The van der Waals surface area contributed by atoms with Crippen LogP contribution in [0, 0.1) is 18.3 Å². The van der Waals surface area contributed by atoms with E-state index >= 15 is 0 Å². The summed E-state index contributed by atoms with van der Waals surface area (Å²) >= 11 is -2.29. The van der Waals surface area contributed by atoms with E-state index in [4.69, 9.17) is 6.42 Å². The first-order chi connectivity index (χ1) is 17.1. The third-order valence-electron chi connectivity index (χ3n) is 6.73. The highest BCUT2D eigenvalue weighted by atomic mass is 32.2. The Bertz CT molecular complexity index is 1130. The molecule has 0 saturated carbocycles. The molecule has 2 unspecified atom stereocenters. The van der Waals surface area contributed by atoms with Crippen LogP contribution in [-0.4, -0.2) is 68.0 Å². The Balaban J connectivity index is 1.49. The number of fused-ring (bicyclic) bond motifs is 1. The molecule has 194 valence electrons. The summed E-state index contributed by atoms with van der Waals surface area (Å²) in [6.07, 6.45) is 7.09. The Labute approximate surface area is 216 Å². The van der Waals surface area contributed by atoms with Crippen LogP contribution in [0.1, 0.15) is 45.2 Å². The maximum Gasteiger partial charge on any atom is 0.240 e. The number of rotatable bonds is 10. The van der Waals surface area contributed by atoms with E-state index < -0.39 is 28.6 Å². The number of terminal acetylenes is 1. The molecule has 3 rings (SSSR count). The Morgan fingerprint density at radius 3 is 2.53 bits per heavy atom. The van der Waals surface area contributed by atoms with E-state index in [0.717, 1.165) is 25.9 Å². The summed E-state index contributed by atoms with van der Waals surface area (Å²) in [6, 6.07) is 15.1.